The van der Waals surface area contributed by atoms with E-state index in [-0.39, 0.29) is 0 Å². The van der Waals surface area contributed by atoms with Crippen molar-refractivity contribution < 1.29 is 0 Å². The third-order valence-corrected chi connectivity index (χ3v) is 4.19. The summed E-state index contributed by atoms with van der Waals surface area (Å²) in [6, 6.07) is 7.70. The Labute approximate surface area is 142 Å². The average Bonchev–Trinajstić information content (AvgIpc) is 2.87. The molecule has 0 radical (unpaired) electrons. The first kappa shape index (κ1) is 15.3. The lowest BCUT2D eigenvalue weighted by Crippen LogP contribution is -2.11. The van der Waals surface area contributed by atoms with Crippen LogP contribution in [0, 0.1) is 5.92 Å². The Morgan fingerprint density at radius 2 is 2.09 bits per heavy atom. The van der Waals surface area contributed by atoms with Crippen molar-refractivity contribution in [1.82, 2.24) is 14.4 Å². The monoisotopic (exact) mass is 378 g/mol. The van der Waals surface area contributed by atoms with Crippen LogP contribution in [0.1, 0.15) is 13.8 Å². The Kier molecular flexibility index (Phi) is 4.36. The van der Waals surface area contributed by atoms with Crippen LogP contribution < -0.4 is 5.32 Å². The van der Waals surface area contributed by atoms with Gasteiger partial charge in [0.2, 0.25) is 0 Å². The zero-order valence-electron chi connectivity index (χ0n) is 12.3. The van der Waals surface area contributed by atoms with Crippen molar-refractivity contribution in [3.63, 3.8) is 0 Å². The summed E-state index contributed by atoms with van der Waals surface area (Å²) in [6.07, 6.45) is 3.71. The zero-order chi connectivity index (χ0) is 15.7. The third-order valence-electron chi connectivity index (χ3n) is 3.27. The molecule has 0 spiro atoms. The van der Waals surface area contributed by atoms with E-state index in [2.05, 4.69) is 40.1 Å². The van der Waals surface area contributed by atoms with E-state index in [1.165, 1.54) is 0 Å². The van der Waals surface area contributed by atoms with Crippen LogP contribution in [0.5, 0.6) is 0 Å². The first-order valence-corrected chi connectivity index (χ1v) is 8.25. The molecule has 4 nitrogen and oxygen atoms in total. The highest BCUT2D eigenvalue weighted by molar-refractivity contribution is 9.10. The van der Waals surface area contributed by atoms with Gasteiger partial charge in [0, 0.05) is 18.3 Å². The topological polar surface area (TPSA) is 42.2 Å². The van der Waals surface area contributed by atoms with Crippen LogP contribution in [0.2, 0.25) is 5.02 Å². The van der Waals surface area contributed by atoms with Crippen LogP contribution in [0.15, 0.2) is 41.3 Å². The molecule has 0 fully saturated rings. The maximum atomic E-state index is 6.31. The van der Waals surface area contributed by atoms with E-state index in [9.17, 15) is 0 Å². The lowest BCUT2D eigenvalue weighted by Gasteiger charge is -2.12. The number of fused-ring (bicyclic) bond motifs is 1. The minimum Gasteiger partial charge on any atom is -0.367 e. The van der Waals surface area contributed by atoms with Gasteiger partial charge in [0.25, 0.3) is 0 Å². The first-order chi connectivity index (χ1) is 10.6. The summed E-state index contributed by atoms with van der Waals surface area (Å²) < 4.78 is 2.85. The molecule has 0 aliphatic carbocycles. The molecule has 2 heterocycles. The molecule has 0 aliphatic rings. The molecule has 0 unspecified atom stereocenters. The van der Waals surface area contributed by atoms with E-state index in [0.29, 0.717) is 10.9 Å². The van der Waals surface area contributed by atoms with Crippen molar-refractivity contribution in [1.29, 1.82) is 0 Å². The molecule has 1 N–H and O–H groups in total. The van der Waals surface area contributed by atoms with Gasteiger partial charge in [-0.05, 0) is 27.9 Å². The number of nitrogens with one attached hydrogen (secondary N) is 1. The standard InChI is InChI=1S/C16H16BrClN4/c1-10(2)7-19-15-16-20-8-14(17)22(16)9-13(21-15)11-5-3-4-6-12(11)18/h3-6,8-10H,7H2,1-2H3,(H,19,21). The maximum absolute atomic E-state index is 6.31. The molecular formula is C16H16BrClN4. The number of anilines is 1. The van der Waals surface area contributed by atoms with Crippen molar-refractivity contribution in [2.45, 2.75) is 13.8 Å². The van der Waals surface area contributed by atoms with Gasteiger partial charge in [0.15, 0.2) is 11.5 Å². The van der Waals surface area contributed by atoms with Gasteiger partial charge >= 0.3 is 0 Å². The quantitative estimate of drug-likeness (QED) is 0.702. The highest BCUT2D eigenvalue weighted by Gasteiger charge is 2.13. The van der Waals surface area contributed by atoms with Gasteiger partial charge in [-0.3, -0.25) is 4.40 Å². The van der Waals surface area contributed by atoms with Gasteiger partial charge in [-0.25, -0.2) is 9.97 Å². The molecule has 0 atom stereocenters. The third kappa shape index (κ3) is 2.96. The van der Waals surface area contributed by atoms with E-state index in [1.807, 2.05) is 34.9 Å². The molecule has 0 bridgehead atoms. The largest absolute Gasteiger partial charge is 0.367 e. The van der Waals surface area contributed by atoms with E-state index >= 15 is 0 Å². The van der Waals surface area contributed by atoms with Crippen LogP contribution in [0.4, 0.5) is 5.82 Å². The predicted octanol–water partition coefficient (Wildman–Crippen LogP) is 4.88. The van der Waals surface area contributed by atoms with Crippen LogP contribution in [-0.2, 0) is 0 Å². The number of rotatable bonds is 4. The fraction of sp³-hybridized carbons (Fsp3) is 0.250. The van der Waals surface area contributed by atoms with Crippen molar-refractivity contribution in [2.24, 2.45) is 5.92 Å². The summed E-state index contributed by atoms with van der Waals surface area (Å²) in [4.78, 5) is 9.13. The summed E-state index contributed by atoms with van der Waals surface area (Å²) in [5.74, 6) is 1.28. The van der Waals surface area contributed by atoms with Crippen LogP contribution in [0.3, 0.4) is 0 Å². The molecular weight excluding hydrogens is 364 g/mol. The molecule has 0 saturated carbocycles. The van der Waals surface area contributed by atoms with Crippen molar-refractivity contribution >= 4 is 39.0 Å². The second-order valence-corrected chi connectivity index (χ2v) is 6.72. The lowest BCUT2D eigenvalue weighted by molar-refractivity contribution is 0.687. The molecule has 1 aromatic carbocycles. The SMILES string of the molecule is CC(C)CNc1nc(-c2ccccc2Cl)cn2c(Br)cnc12. The highest BCUT2D eigenvalue weighted by Crippen LogP contribution is 2.29. The fourth-order valence-corrected chi connectivity index (χ4v) is 2.78. The highest BCUT2D eigenvalue weighted by atomic mass is 79.9. The normalized spacial score (nSPS) is 11.3. The summed E-state index contributed by atoms with van der Waals surface area (Å²) in [5, 5.41) is 4.05. The number of aromatic nitrogens is 3. The second kappa shape index (κ2) is 6.26. The lowest BCUT2D eigenvalue weighted by atomic mass is 10.1. The summed E-state index contributed by atoms with van der Waals surface area (Å²) in [7, 11) is 0. The first-order valence-electron chi connectivity index (χ1n) is 7.08. The molecule has 6 heteroatoms. The predicted molar refractivity (Wildman–Crippen MR) is 94.5 cm³/mol. The molecule has 3 aromatic rings. The fourth-order valence-electron chi connectivity index (χ4n) is 2.18. The number of imidazole rings is 1. The van der Waals surface area contributed by atoms with E-state index in [1.54, 1.807) is 6.20 Å². The Bertz CT molecular complexity index is 813. The minimum atomic E-state index is 0.518. The van der Waals surface area contributed by atoms with Crippen molar-refractivity contribution in [2.75, 3.05) is 11.9 Å². The number of hydrogen-bond acceptors (Lipinski definition) is 3. The Morgan fingerprint density at radius 3 is 2.82 bits per heavy atom. The molecule has 114 valence electrons. The summed E-state index contributed by atoms with van der Waals surface area (Å²) >= 11 is 9.82. The molecule has 3 rings (SSSR count). The number of halogens is 2. The van der Waals surface area contributed by atoms with E-state index < -0.39 is 0 Å². The van der Waals surface area contributed by atoms with Gasteiger partial charge in [0.1, 0.15) is 4.60 Å². The maximum Gasteiger partial charge on any atom is 0.181 e. The minimum absolute atomic E-state index is 0.518. The molecule has 2 aromatic heterocycles. The molecule has 0 amide bonds. The number of nitrogens with zero attached hydrogens (tertiary/aromatic N) is 3. The Hall–Kier alpha value is -1.59. The average molecular weight is 380 g/mol. The Balaban J connectivity index is 2.15. The Morgan fingerprint density at radius 1 is 1.32 bits per heavy atom. The van der Waals surface area contributed by atoms with Gasteiger partial charge in [-0.15, -0.1) is 0 Å². The number of benzene rings is 1. The van der Waals surface area contributed by atoms with E-state index in [4.69, 9.17) is 16.6 Å². The van der Waals surface area contributed by atoms with Crippen molar-refractivity contribution in [3.8, 4) is 11.3 Å². The molecule has 22 heavy (non-hydrogen) atoms. The smallest absolute Gasteiger partial charge is 0.181 e. The second-order valence-electron chi connectivity index (χ2n) is 5.50. The van der Waals surface area contributed by atoms with Crippen LogP contribution in [-0.4, -0.2) is 20.9 Å². The summed E-state index contributed by atoms with van der Waals surface area (Å²) in [6.45, 7) is 5.15. The van der Waals surface area contributed by atoms with Crippen molar-refractivity contribution in [3.05, 3.63) is 46.3 Å². The van der Waals surface area contributed by atoms with Crippen LogP contribution in [0.25, 0.3) is 16.9 Å². The van der Waals surface area contributed by atoms with Gasteiger partial charge < -0.3 is 5.32 Å². The van der Waals surface area contributed by atoms with Gasteiger partial charge in [-0.2, -0.15) is 0 Å². The van der Waals surface area contributed by atoms with E-state index in [0.717, 1.165) is 33.9 Å². The van der Waals surface area contributed by atoms with Gasteiger partial charge in [-0.1, -0.05) is 43.6 Å². The van der Waals surface area contributed by atoms with Gasteiger partial charge in [0.05, 0.1) is 16.9 Å². The number of hydrogen-bond donors (Lipinski definition) is 1. The summed E-state index contributed by atoms with van der Waals surface area (Å²) in [5.41, 5.74) is 2.51. The molecule has 0 saturated heterocycles. The zero-order valence-corrected chi connectivity index (χ0v) is 14.7. The van der Waals surface area contributed by atoms with Crippen LogP contribution >= 0.6 is 27.5 Å². The molecule has 0 aliphatic heterocycles.